The van der Waals surface area contributed by atoms with Crippen LogP contribution in [0.5, 0.6) is 0 Å². The van der Waals surface area contributed by atoms with Crippen molar-refractivity contribution in [1.29, 1.82) is 0 Å². The summed E-state index contributed by atoms with van der Waals surface area (Å²) in [6.45, 7) is 0. The third-order valence-corrected chi connectivity index (χ3v) is 6.00. The van der Waals surface area contributed by atoms with Gasteiger partial charge in [-0.1, -0.05) is 31.0 Å². The Kier molecular flexibility index (Phi) is 3.17. The maximum atomic E-state index is 12.6. The number of nitrogens with one attached hydrogen (secondary N) is 1. The van der Waals surface area contributed by atoms with E-state index >= 15 is 0 Å². The molecule has 2 fully saturated rings. The molecule has 4 rings (SSSR count). The predicted octanol–water partition coefficient (Wildman–Crippen LogP) is 2.32. The van der Waals surface area contributed by atoms with Gasteiger partial charge in [0.05, 0.1) is 0 Å². The third-order valence-electron chi connectivity index (χ3n) is 4.70. The van der Waals surface area contributed by atoms with E-state index in [-0.39, 0.29) is 23.2 Å². The van der Waals surface area contributed by atoms with Crippen molar-refractivity contribution in [3.63, 3.8) is 0 Å². The lowest BCUT2D eigenvalue weighted by atomic mass is 10.1. The van der Waals surface area contributed by atoms with Crippen LogP contribution in [0.2, 0.25) is 0 Å². The highest BCUT2D eigenvalue weighted by Crippen LogP contribution is 2.48. The number of nitrogens with zero attached hydrogens (tertiary/aromatic N) is 1. The molecule has 110 valence electrons. The summed E-state index contributed by atoms with van der Waals surface area (Å²) in [5, 5.41) is 3.16. The molecule has 1 unspecified atom stereocenters. The fraction of sp³-hybridized carbons (Fsp3) is 0.500. The zero-order valence-corrected chi connectivity index (χ0v) is 12.6. The second-order valence-electron chi connectivity index (χ2n) is 5.99. The van der Waals surface area contributed by atoms with Gasteiger partial charge in [0, 0.05) is 17.4 Å². The van der Waals surface area contributed by atoms with Gasteiger partial charge in [0.1, 0.15) is 11.4 Å². The number of hydrogen-bond donors (Lipinski definition) is 1. The van der Waals surface area contributed by atoms with E-state index in [0.717, 1.165) is 24.0 Å². The molecule has 21 heavy (non-hydrogen) atoms. The molecule has 3 aliphatic rings. The molecule has 1 aromatic rings. The normalized spacial score (nSPS) is 27.8. The van der Waals surface area contributed by atoms with Crippen LogP contribution in [0, 0.1) is 0 Å². The molecular formula is C16H18N2O2S. The molecule has 0 bridgehead atoms. The molecule has 1 saturated heterocycles. The summed E-state index contributed by atoms with van der Waals surface area (Å²) in [6, 6.07) is 7.70. The number of fused-ring (bicyclic) bond motifs is 3. The number of hydrogen-bond acceptors (Lipinski definition) is 3. The Labute approximate surface area is 128 Å². The zero-order chi connectivity index (χ0) is 14.4. The molecule has 5 heteroatoms. The molecule has 0 radical (unpaired) electrons. The van der Waals surface area contributed by atoms with Crippen molar-refractivity contribution < 1.29 is 9.59 Å². The average Bonchev–Trinajstić information content (AvgIpc) is 3.19. The molecule has 1 saturated carbocycles. The first-order valence-corrected chi connectivity index (χ1v) is 8.64. The molecule has 2 heterocycles. The average molecular weight is 302 g/mol. The van der Waals surface area contributed by atoms with Crippen molar-refractivity contribution in [2.24, 2.45) is 0 Å². The number of amides is 2. The van der Waals surface area contributed by atoms with Crippen LogP contribution in [0.1, 0.15) is 47.0 Å². The monoisotopic (exact) mass is 302 g/mol. The Bertz CT molecular complexity index is 598. The smallest absolute Gasteiger partial charge is 0.256 e. The predicted molar refractivity (Wildman–Crippen MR) is 82.0 cm³/mol. The van der Waals surface area contributed by atoms with Gasteiger partial charge >= 0.3 is 0 Å². The Morgan fingerprint density at radius 3 is 2.81 bits per heavy atom. The van der Waals surface area contributed by atoms with E-state index in [4.69, 9.17) is 0 Å². The molecule has 0 spiro atoms. The number of thioether (sulfide) groups is 1. The summed E-state index contributed by atoms with van der Waals surface area (Å²) in [5.41, 5.74) is 1.82. The number of benzene rings is 1. The van der Waals surface area contributed by atoms with E-state index in [2.05, 4.69) is 5.32 Å². The first-order chi connectivity index (χ1) is 10.3. The van der Waals surface area contributed by atoms with Crippen molar-refractivity contribution >= 4 is 23.6 Å². The van der Waals surface area contributed by atoms with Crippen molar-refractivity contribution in [1.82, 2.24) is 10.2 Å². The first kappa shape index (κ1) is 13.2. The van der Waals surface area contributed by atoms with E-state index in [1.807, 2.05) is 24.3 Å². The van der Waals surface area contributed by atoms with Crippen molar-refractivity contribution in [2.75, 3.05) is 5.75 Å². The van der Waals surface area contributed by atoms with Gasteiger partial charge in [-0.3, -0.25) is 9.59 Å². The van der Waals surface area contributed by atoms with Crippen LogP contribution >= 0.6 is 11.8 Å². The molecular weight excluding hydrogens is 284 g/mol. The minimum atomic E-state index is -0.319. The van der Waals surface area contributed by atoms with Gasteiger partial charge in [0.15, 0.2) is 0 Å². The molecule has 1 aromatic carbocycles. The fourth-order valence-corrected chi connectivity index (χ4v) is 5.07. The van der Waals surface area contributed by atoms with Crippen molar-refractivity contribution in [3.8, 4) is 0 Å². The second-order valence-corrected chi connectivity index (χ2v) is 7.10. The van der Waals surface area contributed by atoms with Gasteiger partial charge in [-0.25, -0.2) is 0 Å². The highest BCUT2D eigenvalue weighted by molar-refractivity contribution is 7.99. The highest BCUT2D eigenvalue weighted by Gasteiger charge is 2.48. The maximum Gasteiger partial charge on any atom is 0.256 e. The third kappa shape index (κ3) is 2.06. The first-order valence-electron chi connectivity index (χ1n) is 7.59. The van der Waals surface area contributed by atoms with Gasteiger partial charge in [-0.2, -0.15) is 0 Å². The van der Waals surface area contributed by atoms with E-state index in [1.54, 1.807) is 16.7 Å². The largest absolute Gasteiger partial charge is 0.352 e. The van der Waals surface area contributed by atoms with Crippen molar-refractivity contribution in [3.05, 3.63) is 35.4 Å². The molecule has 2 atom stereocenters. The molecule has 4 nitrogen and oxygen atoms in total. The number of rotatable bonds is 2. The van der Waals surface area contributed by atoms with Crippen LogP contribution < -0.4 is 5.32 Å². The van der Waals surface area contributed by atoms with E-state index < -0.39 is 0 Å². The summed E-state index contributed by atoms with van der Waals surface area (Å²) in [5.74, 6) is 0.730. The molecule has 1 N–H and O–H groups in total. The lowest BCUT2D eigenvalue weighted by molar-refractivity contribution is -0.125. The zero-order valence-electron chi connectivity index (χ0n) is 11.7. The second kappa shape index (κ2) is 5.05. The van der Waals surface area contributed by atoms with Crippen LogP contribution in [0.3, 0.4) is 0 Å². The van der Waals surface area contributed by atoms with Gasteiger partial charge < -0.3 is 10.2 Å². The van der Waals surface area contributed by atoms with E-state index in [9.17, 15) is 9.59 Å². The molecule has 0 aromatic heterocycles. The molecule has 2 aliphatic heterocycles. The highest BCUT2D eigenvalue weighted by atomic mass is 32.2. The Morgan fingerprint density at radius 2 is 2.00 bits per heavy atom. The summed E-state index contributed by atoms with van der Waals surface area (Å²) >= 11 is 1.70. The maximum absolute atomic E-state index is 12.6. The van der Waals surface area contributed by atoms with Gasteiger partial charge in [-0.05, 0) is 24.5 Å². The van der Waals surface area contributed by atoms with Crippen LogP contribution in [-0.2, 0) is 4.79 Å². The molecule has 2 amide bonds. The lowest BCUT2D eigenvalue weighted by Crippen LogP contribution is -2.48. The minimum Gasteiger partial charge on any atom is -0.352 e. The SMILES string of the molecule is O=C(NC1CCCC1)[C@@H]1CSC2c3ccccc3C(=O)N21. The van der Waals surface area contributed by atoms with Crippen LogP contribution in [0.4, 0.5) is 0 Å². The minimum absolute atomic E-state index is 0.00664. The summed E-state index contributed by atoms with van der Waals surface area (Å²) < 4.78 is 0. The standard InChI is InChI=1S/C16H18N2O2S/c19-14(17-10-5-1-2-6-10)13-9-21-16-12-8-4-3-7-11(12)15(20)18(13)16/h3-4,7-8,10,13,16H,1-2,5-6,9H2,(H,17,19)/t13-,16?/m0/s1. The van der Waals surface area contributed by atoms with Crippen LogP contribution in [0.25, 0.3) is 0 Å². The van der Waals surface area contributed by atoms with Crippen LogP contribution in [-0.4, -0.2) is 34.6 Å². The van der Waals surface area contributed by atoms with Gasteiger partial charge in [0.25, 0.3) is 5.91 Å². The fourth-order valence-electron chi connectivity index (χ4n) is 3.61. The van der Waals surface area contributed by atoms with Crippen molar-refractivity contribution in [2.45, 2.75) is 43.1 Å². The lowest BCUT2D eigenvalue weighted by Gasteiger charge is -2.24. The van der Waals surface area contributed by atoms with Gasteiger partial charge in [0.2, 0.25) is 5.91 Å². The summed E-state index contributed by atoms with van der Waals surface area (Å²) in [7, 11) is 0. The van der Waals surface area contributed by atoms with E-state index in [1.165, 1.54) is 12.8 Å². The number of carbonyl (C=O) groups is 2. The Balaban J connectivity index is 1.55. The number of carbonyl (C=O) groups excluding carboxylic acids is 2. The van der Waals surface area contributed by atoms with Gasteiger partial charge in [-0.15, -0.1) is 11.8 Å². The Hall–Kier alpha value is -1.49. The molecule has 1 aliphatic carbocycles. The van der Waals surface area contributed by atoms with Crippen LogP contribution in [0.15, 0.2) is 24.3 Å². The summed E-state index contributed by atoms with van der Waals surface area (Å²) in [4.78, 5) is 26.9. The Morgan fingerprint density at radius 1 is 1.24 bits per heavy atom. The topological polar surface area (TPSA) is 49.4 Å². The summed E-state index contributed by atoms with van der Waals surface area (Å²) in [6.07, 6.45) is 4.54. The van der Waals surface area contributed by atoms with E-state index in [0.29, 0.717) is 11.8 Å². The quantitative estimate of drug-likeness (QED) is 0.912.